The first kappa shape index (κ1) is 17.0. The van der Waals surface area contributed by atoms with E-state index in [0.717, 1.165) is 11.3 Å². The van der Waals surface area contributed by atoms with Crippen LogP contribution in [0, 0.1) is 6.92 Å². The minimum atomic E-state index is -2.88. The van der Waals surface area contributed by atoms with Crippen LogP contribution in [0.2, 0.25) is 0 Å². The van der Waals surface area contributed by atoms with Crippen LogP contribution in [0.3, 0.4) is 0 Å². The quantitative estimate of drug-likeness (QED) is 0.805. The number of H-pyrrole nitrogens is 1. The van der Waals surface area contributed by atoms with Gasteiger partial charge in [-0.25, -0.2) is 8.42 Å². The van der Waals surface area contributed by atoms with Crippen LogP contribution in [0.15, 0.2) is 6.20 Å². The Morgan fingerprint density at radius 2 is 2.18 bits per heavy atom. The van der Waals surface area contributed by atoms with Crippen LogP contribution in [0.4, 0.5) is 0 Å². The van der Waals surface area contributed by atoms with Crippen molar-refractivity contribution in [3.05, 3.63) is 17.5 Å². The third-order valence-corrected chi connectivity index (χ3v) is 6.03. The van der Waals surface area contributed by atoms with Crippen molar-refractivity contribution in [2.75, 3.05) is 32.1 Å². The third kappa shape index (κ3) is 4.30. The highest BCUT2D eigenvalue weighted by Crippen LogP contribution is 2.16. The Morgan fingerprint density at radius 3 is 2.73 bits per heavy atom. The first-order chi connectivity index (χ1) is 10.3. The summed E-state index contributed by atoms with van der Waals surface area (Å²) in [7, 11) is 0.779. The zero-order valence-electron chi connectivity index (χ0n) is 13.4. The van der Waals surface area contributed by atoms with Crippen molar-refractivity contribution in [2.45, 2.75) is 32.4 Å². The van der Waals surface area contributed by atoms with Crippen molar-refractivity contribution in [3.8, 4) is 0 Å². The molecule has 0 saturated carbocycles. The van der Waals surface area contributed by atoms with Crippen LogP contribution in [-0.2, 0) is 21.2 Å². The molecule has 1 N–H and O–H groups in total. The lowest BCUT2D eigenvalue weighted by Gasteiger charge is -2.24. The van der Waals surface area contributed by atoms with Gasteiger partial charge in [0.2, 0.25) is 5.91 Å². The Morgan fingerprint density at radius 1 is 1.45 bits per heavy atom. The van der Waals surface area contributed by atoms with Gasteiger partial charge in [0.25, 0.3) is 0 Å². The number of aryl methyl sites for hydroxylation is 1. The summed E-state index contributed by atoms with van der Waals surface area (Å²) in [4.78, 5) is 15.8. The van der Waals surface area contributed by atoms with Crippen LogP contribution < -0.4 is 0 Å². The monoisotopic (exact) mass is 328 g/mol. The number of aromatic amines is 1. The molecule has 0 bridgehead atoms. The number of aromatic nitrogens is 2. The first-order valence-electron chi connectivity index (χ1n) is 7.42. The molecule has 124 valence electrons. The maximum absolute atomic E-state index is 12.2. The Balaban J connectivity index is 1.78. The van der Waals surface area contributed by atoms with Gasteiger partial charge in [0, 0.05) is 43.9 Å². The van der Waals surface area contributed by atoms with Crippen LogP contribution >= 0.6 is 0 Å². The second-order valence-corrected chi connectivity index (χ2v) is 8.29. The van der Waals surface area contributed by atoms with Gasteiger partial charge in [0.05, 0.1) is 17.7 Å². The van der Waals surface area contributed by atoms with Crippen LogP contribution in [0.25, 0.3) is 0 Å². The molecule has 1 aliphatic heterocycles. The SMILES string of the molecule is Cc1[nH]ncc1CN(C)C(=O)CCN(C)[C@@H]1CCS(=O)(=O)C1. The highest BCUT2D eigenvalue weighted by molar-refractivity contribution is 7.91. The summed E-state index contributed by atoms with van der Waals surface area (Å²) in [5.41, 5.74) is 1.97. The molecule has 0 unspecified atom stereocenters. The molecule has 2 rings (SSSR count). The Kier molecular flexibility index (Phi) is 5.23. The summed E-state index contributed by atoms with van der Waals surface area (Å²) in [6, 6.07) is 0.0409. The van der Waals surface area contributed by atoms with E-state index in [9.17, 15) is 13.2 Å². The number of rotatable bonds is 6. The molecular formula is C14H24N4O3S. The van der Waals surface area contributed by atoms with E-state index in [1.165, 1.54) is 0 Å². The number of carbonyl (C=O) groups excluding carboxylic acids is 1. The lowest BCUT2D eigenvalue weighted by molar-refractivity contribution is -0.130. The molecule has 1 saturated heterocycles. The summed E-state index contributed by atoms with van der Waals surface area (Å²) < 4.78 is 23.0. The lowest BCUT2D eigenvalue weighted by Crippen LogP contribution is -2.36. The Labute approximate surface area is 131 Å². The second kappa shape index (κ2) is 6.78. The lowest BCUT2D eigenvalue weighted by atomic mass is 10.2. The van der Waals surface area contributed by atoms with E-state index in [1.807, 2.05) is 18.9 Å². The fourth-order valence-electron chi connectivity index (χ4n) is 2.65. The number of nitrogens with zero attached hydrogens (tertiary/aromatic N) is 3. The summed E-state index contributed by atoms with van der Waals surface area (Å²) in [6.45, 7) is 3.03. The summed E-state index contributed by atoms with van der Waals surface area (Å²) in [5, 5.41) is 6.80. The van der Waals surface area contributed by atoms with Gasteiger partial charge < -0.3 is 9.80 Å². The maximum Gasteiger partial charge on any atom is 0.223 e. The molecule has 0 radical (unpaired) electrons. The standard InChI is InChI=1S/C14H24N4O3S/c1-11-12(8-15-16-11)9-18(3)14(19)4-6-17(2)13-5-7-22(20,21)10-13/h8,13H,4-7,9-10H2,1-3H3,(H,15,16)/t13-/m1/s1. The van der Waals surface area contributed by atoms with Crippen LogP contribution in [0.1, 0.15) is 24.1 Å². The van der Waals surface area contributed by atoms with Gasteiger partial charge in [-0.05, 0) is 20.4 Å². The fourth-order valence-corrected chi connectivity index (χ4v) is 4.45. The van der Waals surface area contributed by atoms with Gasteiger partial charge in [-0.3, -0.25) is 9.89 Å². The molecule has 1 amide bonds. The van der Waals surface area contributed by atoms with E-state index in [0.29, 0.717) is 25.9 Å². The van der Waals surface area contributed by atoms with Crippen LogP contribution in [-0.4, -0.2) is 72.5 Å². The number of amides is 1. The van der Waals surface area contributed by atoms with Crippen molar-refractivity contribution >= 4 is 15.7 Å². The molecule has 0 spiro atoms. The second-order valence-electron chi connectivity index (χ2n) is 6.06. The van der Waals surface area contributed by atoms with E-state index in [2.05, 4.69) is 10.2 Å². The molecule has 8 heteroatoms. The molecule has 2 heterocycles. The highest BCUT2D eigenvalue weighted by atomic mass is 32.2. The predicted molar refractivity (Wildman–Crippen MR) is 84.1 cm³/mol. The van der Waals surface area contributed by atoms with E-state index >= 15 is 0 Å². The molecule has 7 nitrogen and oxygen atoms in total. The largest absolute Gasteiger partial charge is 0.341 e. The van der Waals surface area contributed by atoms with Crippen molar-refractivity contribution in [1.29, 1.82) is 0 Å². The van der Waals surface area contributed by atoms with Crippen molar-refractivity contribution in [3.63, 3.8) is 0 Å². The number of hydrogen-bond acceptors (Lipinski definition) is 5. The van der Waals surface area contributed by atoms with Gasteiger partial charge >= 0.3 is 0 Å². The minimum absolute atomic E-state index is 0.0409. The van der Waals surface area contributed by atoms with Crippen molar-refractivity contribution in [1.82, 2.24) is 20.0 Å². The van der Waals surface area contributed by atoms with E-state index < -0.39 is 9.84 Å². The zero-order valence-corrected chi connectivity index (χ0v) is 14.2. The number of nitrogens with one attached hydrogen (secondary N) is 1. The average molecular weight is 328 g/mol. The van der Waals surface area contributed by atoms with E-state index in [-0.39, 0.29) is 23.5 Å². The minimum Gasteiger partial charge on any atom is -0.341 e. The normalized spacial score (nSPS) is 20.5. The molecule has 1 aliphatic rings. The predicted octanol–water partition coefficient (Wildman–Crippen LogP) is 0.186. The maximum atomic E-state index is 12.2. The van der Waals surface area contributed by atoms with E-state index in [1.54, 1.807) is 18.1 Å². The summed E-state index contributed by atoms with van der Waals surface area (Å²) in [5.74, 6) is 0.519. The Bertz CT molecular complexity index is 626. The molecule has 0 aromatic carbocycles. The molecule has 1 atom stereocenters. The molecule has 1 fully saturated rings. The third-order valence-electron chi connectivity index (χ3n) is 4.28. The van der Waals surface area contributed by atoms with Crippen molar-refractivity contribution in [2.24, 2.45) is 0 Å². The van der Waals surface area contributed by atoms with Gasteiger partial charge in [0.1, 0.15) is 0 Å². The van der Waals surface area contributed by atoms with Gasteiger partial charge in [-0.1, -0.05) is 0 Å². The fraction of sp³-hybridized carbons (Fsp3) is 0.714. The smallest absolute Gasteiger partial charge is 0.223 e. The Hall–Kier alpha value is -1.41. The molecule has 0 aliphatic carbocycles. The molecule has 1 aromatic heterocycles. The van der Waals surface area contributed by atoms with Crippen molar-refractivity contribution < 1.29 is 13.2 Å². The number of sulfone groups is 1. The van der Waals surface area contributed by atoms with Gasteiger partial charge in [0.15, 0.2) is 9.84 Å². The average Bonchev–Trinajstić information content (AvgIpc) is 3.01. The van der Waals surface area contributed by atoms with Gasteiger partial charge in [-0.15, -0.1) is 0 Å². The number of hydrogen-bond donors (Lipinski definition) is 1. The highest BCUT2D eigenvalue weighted by Gasteiger charge is 2.30. The summed E-state index contributed by atoms with van der Waals surface area (Å²) >= 11 is 0. The number of carbonyl (C=O) groups is 1. The molecular weight excluding hydrogens is 304 g/mol. The van der Waals surface area contributed by atoms with Gasteiger partial charge in [-0.2, -0.15) is 5.10 Å². The first-order valence-corrected chi connectivity index (χ1v) is 9.24. The zero-order chi connectivity index (χ0) is 16.3. The molecule has 1 aromatic rings. The summed E-state index contributed by atoms with van der Waals surface area (Å²) in [6.07, 6.45) is 2.78. The van der Waals surface area contributed by atoms with Crippen LogP contribution in [0.5, 0.6) is 0 Å². The molecule has 22 heavy (non-hydrogen) atoms. The topological polar surface area (TPSA) is 86.4 Å². The van der Waals surface area contributed by atoms with E-state index in [4.69, 9.17) is 0 Å².